The van der Waals surface area contributed by atoms with Gasteiger partial charge in [0.1, 0.15) is 6.04 Å². The Kier molecular flexibility index (Phi) is 4.33. The van der Waals surface area contributed by atoms with Gasteiger partial charge in [0.2, 0.25) is 5.91 Å². The molecular formula is C14H15N3O3. The number of hydrogen-bond acceptors (Lipinski definition) is 4. The molecule has 1 unspecified atom stereocenters. The zero-order valence-electron chi connectivity index (χ0n) is 10.8. The number of hydrogen-bond donors (Lipinski definition) is 3. The molecule has 1 aliphatic rings. The van der Waals surface area contributed by atoms with Crippen molar-refractivity contribution in [2.24, 2.45) is 5.92 Å². The van der Waals surface area contributed by atoms with E-state index >= 15 is 0 Å². The van der Waals surface area contributed by atoms with E-state index in [9.17, 15) is 9.59 Å². The predicted molar refractivity (Wildman–Crippen MR) is 71.9 cm³/mol. The van der Waals surface area contributed by atoms with Crippen molar-refractivity contribution in [3.63, 3.8) is 0 Å². The molecule has 1 aromatic rings. The van der Waals surface area contributed by atoms with Crippen molar-refractivity contribution in [1.29, 1.82) is 5.26 Å². The highest BCUT2D eigenvalue weighted by Gasteiger charge is 2.36. The van der Waals surface area contributed by atoms with Crippen LogP contribution in [0.25, 0.3) is 0 Å². The van der Waals surface area contributed by atoms with Crippen molar-refractivity contribution in [2.45, 2.75) is 18.9 Å². The van der Waals surface area contributed by atoms with Gasteiger partial charge in [0.05, 0.1) is 18.2 Å². The van der Waals surface area contributed by atoms with Crippen LogP contribution in [0.3, 0.4) is 0 Å². The number of amides is 1. The third kappa shape index (κ3) is 3.80. The van der Waals surface area contributed by atoms with Gasteiger partial charge in [-0.1, -0.05) is 0 Å². The fraction of sp³-hybridized carbons (Fsp3) is 0.357. The number of carbonyl (C=O) groups excluding carboxylic acids is 1. The number of nitrogens with zero attached hydrogens (tertiary/aromatic N) is 1. The molecule has 0 bridgehead atoms. The average molecular weight is 273 g/mol. The molecule has 1 saturated carbocycles. The molecule has 0 aromatic heterocycles. The molecule has 0 radical (unpaired) electrons. The Hall–Kier alpha value is -2.39. The van der Waals surface area contributed by atoms with Gasteiger partial charge >= 0.3 is 5.97 Å². The lowest BCUT2D eigenvalue weighted by molar-refractivity contribution is -0.140. The van der Waals surface area contributed by atoms with E-state index in [1.54, 1.807) is 24.3 Å². The van der Waals surface area contributed by atoms with E-state index in [0.717, 1.165) is 12.8 Å². The minimum Gasteiger partial charge on any atom is -0.480 e. The van der Waals surface area contributed by atoms with E-state index in [4.69, 9.17) is 10.4 Å². The molecule has 1 aliphatic carbocycles. The lowest BCUT2D eigenvalue weighted by Gasteiger charge is -2.13. The molecule has 1 aromatic carbocycles. The van der Waals surface area contributed by atoms with Crippen molar-refractivity contribution in [3.8, 4) is 6.07 Å². The number of carbonyl (C=O) groups is 2. The molecule has 0 heterocycles. The Bertz CT molecular complexity index is 544. The van der Waals surface area contributed by atoms with Gasteiger partial charge in [0.15, 0.2) is 0 Å². The minimum absolute atomic E-state index is 0.0481. The van der Waals surface area contributed by atoms with Crippen LogP contribution in [0.4, 0.5) is 5.69 Å². The zero-order valence-corrected chi connectivity index (χ0v) is 10.8. The van der Waals surface area contributed by atoms with E-state index in [1.807, 2.05) is 6.07 Å². The Morgan fingerprint density at radius 1 is 1.35 bits per heavy atom. The SMILES string of the molecule is N#Cc1ccc(NC(=O)CNC(C(=O)O)C2CC2)cc1. The van der Waals surface area contributed by atoms with Crippen LogP contribution in [0.2, 0.25) is 0 Å². The summed E-state index contributed by atoms with van der Waals surface area (Å²) in [5.41, 5.74) is 1.09. The summed E-state index contributed by atoms with van der Waals surface area (Å²) in [6, 6.07) is 7.81. The summed E-state index contributed by atoms with van der Waals surface area (Å²) in [6.45, 7) is -0.0481. The number of benzene rings is 1. The maximum Gasteiger partial charge on any atom is 0.320 e. The molecule has 0 saturated heterocycles. The Morgan fingerprint density at radius 2 is 2.00 bits per heavy atom. The first-order valence-corrected chi connectivity index (χ1v) is 6.36. The van der Waals surface area contributed by atoms with Crippen LogP contribution in [0.15, 0.2) is 24.3 Å². The van der Waals surface area contributed by atoms with Gasteiger partial charge < -0.3 is 10.4 Å². The van der Waals surface area contributed by atoms with E-state index in [-0.39, 0.29) is 18.4 Å². The van der Waals surface area contributed by atoms with Gasteiger partial charge in [-0.15, -0.1) is 0 Å². The highest BCUT2D eigenvalue weighted by Crippen LogP contribution is 2.32. The van der Waals surface area contributed by atoms with Gasteiger partial charge in [-0.25, -0.2) is 0 Å². The number of rotatable bonds is 6. The number of aliphatic carboxylic acids is 1. The second-order valence-corrected chi connectivity index (χ2v) is 4.77. The van der Waals surface area contributed by atoms with Crippen molar-refractivity contribution < 1.29 is 14.7 Å². The van der Waals surface area contributed by atoms with E-state index < -0.39 is 12.0 Å². The summed E-state index contributed by atoms with van der Waals surface area (Å²) in [6.07, 6.45) is 1.78. The second kappa shape index (κ2) is 6.17. The van der Waals surface area contributed by atoms with Crippen molar-refractivity contribution in [3.05, 3.63) is 29.8 Å². The predicted octanol–water partition coefficient (Wildman–Crippen LogP) is 0.950. The smallest absolute Gasteiger partial charge is 0.320 e. The van der Waals surface area contributed by atoms with Crippen LogP contribution in [0.5, 0.6) is 0 Å². The Morgan fingerprint density at radius 3 is 2.50 bits per heavy atom. The molecule has 0 aliphatic heterocycles. The normalized spacial score (nSPS) is 15.2. The highest BCUT2D eigenvalue weighted by atomic mass is 16.4. The van der Waals surface area contributed by atoms with Crippen LogP contribution < -0.4 is 10.6 Å². The molecule has 1 amide bonds. The first-order chi connectivity index (χ1) is 9.60. The van der Waals surface area contributed by atoms with Crippen molar-refractivity contribution in [2.75, 3.05) is 11.9 Å². The second-order valence-electron chi connectivity index (χ2n) is 4.77. The van der Waals surface area contributed by atoms with Crippen LogP contribution in [0, 0.1) is 17.2 Å². The fourth-order valence-corrected chi connectivity index (χ4v) is 1.92. The minimum atomic E-state index is -0.918. The molecule has 2 rings (SSSR count). The number of anilines is 1. The molecule has 3 N–H and O–H groups in total. The maximum atomic E-state index is 11.7. The van der Waals surface area contributed by atoms with E-state index in [1.165, 1.54) is 0 Å². The fourth-order valence-electron chi connectivity index (χ4n) is 1.92. The quantitative estimate of drug-likeness (QED) is 0.716. The molecule has 104 valence electrons. The van der Waals surface area contributed by atoms with E-state index in [2.05, 4.69) is 10.6 Å². The van der Waals surface area contributed by atoms with Gasteiger partial charge in [0.25, 0.3) is 0 Å². The topological polar surface area (TPSA) is 102 Å². The molecule has 1 atom stereocenters. The number of nitrogens with one attached hydrogen (secondary N) is 2. The molecule has 20 heavy (non-hydrogen) atoms. The highest BCUT2D eigenvalue weighted by molar-refractivity contribution is 5.92. The lowest BCUT2D eigenvalue weighted by atomic mass is 10.2. The molecule has 1 fully saturated rings. The molecule has 6 heteroatoms. The van der Waals surface area contributed by atoms with Gasteiger partial charge in [0, 0.05) is 5.69 Å². The van der Waals surface area contributed by atoms with Gasteiger partial charge in [-0.3, -0.25) is 14.9 Å². The first-order valence-electron chi connectivity index (χ1n) is 6.36. The van der Waals surface area contributed by atoms with Crippen molar-refractivity contribution in [1.82, 2.24) is 5.32 Å². The van der Waals surface area contributed by atoms with Crippen LogP contribution >= 0.6 is 0 Å². The lowest BCUT2D eigenvalue weighted by Crippen LogP contribution is -2.42. The van der Waals surface area contributed by atoms with Crippen molar-refractivity contribution >= 4 is 17.6 Å². The van der Waals surface area contributed by atoms with Gasteiger partial charge in [-0.05, 0) is 43.0 Å². The summed E-state index contributed by atoms with van der Waals surface area (Å²) in [4.78, 5) is 22.7. The largest absolute Gasteiger partial charge is 0.480 e. The summed E-state index contributed by atoms with van der Waals surface area (Å²) in [7, 11) is 0. The third-order valence-corrected chi connectivity index (χ3v) is 3.14. The third-order valence-electron chi connectivity index (χ3n) is 3.14. The molecule has 6 nitrogen and oxygen atoms in total. The summed E-state index contributed by atoms with van der Waals surface area (Å²) >= 11 is 0. The first kappa shape index (κ1) is 14.0. The maximum absolute atomic E-state index is 11.7. The van der Waals surface area contributed by atoms with E-state index in [0.29, 0.717) is 11.3 Å². The summed E-state index contributed by atoms with van der Waals surface area (Å²) < 4.78 is 0. The standard InChI is InChI=1S/C14H15N3O3/c15-7-9-1-5-11(6-2-9)17-12(18)8-16-13(14(19)20)10-3-4-10/h1-2,5-6,10,13,16H,3-4,8H2,(H,17,18)(H,19,20). The van der Waals surface area contributed by atoms with Crippen LogP contribution in [-0.2, 0) is 9.59 Å². The summed E-state index contributed by atoms with van der Waals surface area (Å²) in [5.74, 6) is -1.09. The summed E-state index contributed by atoms with van der Waals surface area (Å²) in [5, 5.41) is 23.1. The van der Waals surface area contributed by atoms with Crippen LogP contribution in [-0.4, -0.2) is 29.6 Å². The molecular weight excluding hydrogens is 258 g/mol. The molecule has 0 spiro atoms. The Labute approximate surface area is 116 Å². The van der Waals surface area contributed by atoms with Gasteiger partial charge in [-0.2, -0.15) is 5.26 Å². The monoisotopic (exact) mass is 273 g/mol. The number of carboxylic acids is 1. The number of nitriles is 1. The Balaban J connectivity index is 1.82. The average Bonchev–Trinajstić information content (AvgIpc) is 3.24. The zero-order chi connectivity index (χ0) is 14.5. The van der Waals surface area contributed by atoms with Crippen LogP contribution in [0.1, 0.15) is 18.4 Å². The number of carboxylic acid groups (broad SMARTS) is 1.